The lowest BCUT2D eigenvalue weighted by Crippen LogP contribution is -2.28. The summed E-state index contributed by atoms with van der Waals surface area (Å²) in [5.74, 6) is 1.08. The molecule has 6 nitrogen and oxygen atoms in total. The molecule has 2 aromatic carbocycles. The summed E-state index contributed by atoms with van der Waals surface area (Å²) in [6, 6.07) is 15.5. The zero-order valence-electron chi connectivity index (χ0n) is 15.9. The first-order valence-electron chi connectivity index (χ1n) is 9.07. The summed E-state index contributed by atoms with van der Waals surface area (Å²) in [6.07, 6.45) is 0. The van der Waals surface area contributed by atoms with Crippen LogP contribution in [0.5, 0.6) is 0 Å². The van der Waals surface area contributed by atoms with Crippen LogP contribution in [0.3, 0.4) is 0 Å². The van der Waals surface area contributed by atoms with E-state index in [4.69, 9.17) is 4.42 Å². The number of thioether (sulfide) groups is 1. The average Bonchev–Trinajstić information content (AvgIpc) is 3.31. The van der Waals surface area contributed by atoms with E-state index in [0.29, 0.717) is 16.7 Å². The largest absolute Gasteiger partial charge is 0.459 e. The van der Waals surface area contributed by atoms with E-state index < -0.39 is 0 Å². The average molecular weight is 410 g/mol. The van der Waals surface area contributed by atoms with Gasteiger partial charge in [0.2, 0.25) is 5.91 Å². The van der Waals surface area contributed by atoms with E-state index in [9.17, 15) is 9.18 Å². The van der Waals surface area contributed by atoms with E-state index in [1.54, 1.807) is 16.7 Å². The first kappa shape index (κ1) is 19.2. The van der Waals surface area contributed by atoms with Crippen LogP contribution in [-0.2, 0) is 11.8 Å². The lowest BCUT2D eigenvalue weighted by Gasteiger charge is -2.11. The van der Waals surface area contributed by atoms with Crippen molar-refractivity contribution in [3.8, 4) is 11.4 Å². The number of nitrogens with zero attached hydrogens (tertiary/aromatic N) is 3. The van der Waals surface area contributed by atoms with Gasteiger partial charge in [0, 0.05) is 18.0 Å². The Morgan fingerprint density at radius 3 is 2.72 bits per heavy atom. The molecule has 0 bridgehead atoms. The Kier molecular flexibility index (Phi) is 5.35. The zero-order valence-corrected chi connectivity index (χ0v) is 16.7. The fourth-order valence-electron chi connectivity index (χ4n) is 2.99. The highest BCUT2D eigenvalue weighted by atomic mass is 32.2. The molecule has 0 saturated carbocycles. The minimum atomic E-state index is -0.305. The fraction of sp³-hybridized carbons (Fsp3) is 0.190. The minimum absolute atomic E-state index is 0.130. The van der Waals surface area contributed by atoms with Crippen LogP contribution in [0.1, 0.15) is 18.7 Å². The highest BCUT2D eigenvalue weighted by Crippen LogP contribution is 2.25. The minimum Gasteiger partial charge on any atom is -0.459 e. The number of nitrogens with one attached hydrogen (secondary N) is 1. The van der Waals surface area contributed by atoms with Gasteiger partial charge in [0.05, 0.1) is 11.8 Å². The topological polar surface area (TPSA) is 73.0 Å². The third-order valence-electron chi connectivity index (χ3n) is 4.52. The number of carbonyl (C=O) groups is 1. The molecule has 0 unspecified atom stereocenters. The van der Waals surface area contributed by atoms with Crippen molar-refractivity contribution in [1.29, 1.82) is 0 Å². The summed E-state index contributed by atoms with van der Waals surface area (Å²) in [6.45, 7) is 1.88. The van der Waals surface area contributed by atoms with Crippen LogP contribution in [0.25, 0.3) is 22.4 Å². The quantitative estimate of drug-likeness (QED) is 0.479. The van der Waals surface area contributed by atoms with E-state index in [2.05, 4.69) is 15.5 Å². The second kappa shape index (κ2) is 8.08. The summed E-state index contributed by atoms with van der Waals surface area (Å²) < 4.78 is 20.7. The molecule has 0 saturated heterocycles. The van der Waals surface area contributed by atoms with Gasteiger partial charge in [-0.25, -0.2) is 4.39 Å². The van der Waals surface area contributed by atoms with Crippen molar-refractivity contribution < 1.29 is 13.6 Å². The number of halogens is 1. The number of rotatable bonds is 6. The summed E-state index contributed by atoms with van der Waals surface area (Å²) in [7, 11) is 1.82. The standard InChI is InChI=1S/C21H19FN4O2S/c1-13(18-11-15-5-3-4-6-17(15)28-18)23-19(27)12-29-21-25-24-20(26(21)2)14-7-9-16(22)10-8-14/h3-11,13H,12H2,1-2H3,(H,23,27)/t13-/m0/s1. The van der Waals surface area contributed by atoms with Crippen LogP contribution in [0.4, 0.5) is 4.39 Å². The molecule has 4 aromatic rings. The molecule has 0 aliphatic rings. The molecule has 1 amide bonds. The maximum atomic E-state index is 13.1. The van der Waals surface area contributed by atoms with Crippen molar-refractivity contribution in [2.24, 2.45) is 7.05 Å². The summed E-state index contributed by atoms with van der Waals surface area (Å²) in [4.78, 5) is 12.4. The van der Waals surface area contributed by atoms with Gasteiger partial charge in [-0.2, -0.15) is 0 Å². The maximum Gasteiger partial charge on any atom is 0.231 e. The van der Waals surface area contributed by atoms with E-state index in [0.717, 1.165) is 16.5 Å². The van der Waals surface area contributed by atoms with Gasteiger partial charge >= 0.3 is 0 Å². The number of hydrogen-bond acceptors (Lipinski definition) is 5. The van der Waals surface area contributed by atoms with Gasteiger partial charge in [0.25, 0.3) is 0 Å². The number of benzene rings is 2. The Bertz CT molecular complexity index is 1120. The van der Waals surface area contributed by atoms with E-state index in [-0.39, 0.29) is 23.5 Å². The maximum absolute atomic E-state index is 13.1. The van der Waals surface area contributed by atoms with Gasteiger partial charge in [0.15, 0.2) is 11.0 Å². The van der Waals surface area contributed by atoms with Gasteiger partial charge in [-0.15, -0.1) is 10.2 Å². The predicted octanol–water partition coefficient (Wildman–Crippen LogP) is 4.34. The summed E-state index contributed by atoms with van der Waals surface area (Å²) in [5, 5.41) is 12.8. The predicted molar refractivity (Wildman–Crippen MR) is 110 cm³/mol. The van der Waals surface area contributed by atoms with Gasteiger partial charge in [-0.3, -0.25) is 4.79 Å². The zero-order chi connectivity index (χ0) is 20.4. The first-order chi connectivity index (χ1) is 14.0. The molecule has 4 rings (SSSR count). The van der Waals surface area contributed by atoms with Gasteiger partial charge in [-0.1, -0.05) is 30.0 Å². The smallest absolute Gasteiger partial charge is 0.231 e. The number of furan rings is 1. The van der Waals surface area contributed by atoms with Crippen LogP contribution >= 0.6 is 11.8 Å². The number of fused-ring (bicyclic) bond motifs is 1. The number of aromatic nitrogens is 3. The van der Waals surface area contributed by atoms with E-state index in [1.807, 2.05) is 44.3 Å². The molecule has 29 heavy (non-hydrogen) atoms. The molecule has 0 radical (unpaired) electrons. The SMILES string of the molecule is C[C@H](NC(=O)CSc1nnc(-c2ccc(F)cc2)n1C)c1cc2ccccc2o1. The Morgan fingerprint density at radius 2 is 1.97 bits per heavy atom. The second-order valence-corrected chi connectivity index (χ2v) is 7.58. The molecule has 0 spiro atoms. The number of amides is 1. The van der Waals surface area contributed by atoms with Crippen LogP contribution < -0.4 is 5.32 Å². The molecule has 0 aliphatic heterocycles. The van der Waals surface area contributed by atoms with Crippen molar-refractivity contribution >= 4 is 28.6 Å². The molecule has 0 aliphatic carbocycles. The summed E-state index contributed by atoms with van der Waals surface area (Å²) >= 11 is 1.29. The van der Waals surface area contributed by atoms with Gasteiger partial charge in [0.1, 0.15) is 17.2 Å². The van der Waals surface area contributed by atoms with Crippen LogP contribution in [-0.4, -0.2) is 26.4 Å². The van der Waals surface area contributed by atoms with Crippen LogP contribution in [0, 0.1) is 5.82 Å². The molecule has 1 atom stereocenters. The van der Waals surface area contributed by atoms with E-state index in [1.165, 1.54) is 23.9 Å². The Balaban J connectivity index is 1.37. The van der Waals surface area contributed by atoms with Crippen molar-refractivity contribution in [1.82, 2.24) is 20.1 Å². The molecular weight excluding hydrogens is 391 g/mol. The van der Waals surface area contributed by atoms with E-state index >= 15 is 0 Å². The normalized spacial score (nSPS) is 12.2. The number of hydrogen-bond donors (Lipinski definition) is 1. The first-order valence-corrected chi connectivity index (χ1v) is 10.1. The molecule has 2 aromatic heterocycles. The van der Waals surface area contributed by atoms with Crippen molar-refractivity contribution in [2.75, 3.05) is 5.75 Å². The highest BCUT2D eigenvalue weighted by Gasteiger charge is 2.16. The van der Waals surface area contributed by atoms with Crippen LogP contribution in [0.2, 0.25) is 0 Å². The molecule has 2 heterocycles. The molecule has 1 N–H and O–H groups in total. The number of para-hydroxylation sites is 1. The molecule has 148 valence electrons. The number of carbonyl (C=O) groups excluding carboxylic acids is 1. The highest BCUT2D eigenvalue weighted by molar-refractivity contribution is 7.99. The van der Waals surface area contributed by atoms with Crippen molar-refractivity contribution in [2.45, 2.75) is 18.1 Å². The lowest BCUT2D eigenvalue weighted by atomic mass is 10.2. The lowest BCUT2D eigenvalue weighted by molar-refractivity contribution is -0.119. The molecular formula is C21H19FN4O2S. The fourth-order valence-corrected chi connectivity index (χ4v) is 3.71. The molecule has 0 fully saturated rings. The molecule has 8 heteroatoms. The van der Waals surface area contributed by atoms with Crippen molar-refractivity contribution in [3.05, 3.63) is 66.2 Å². The van der Waals surface area contributed by atoms with Gasteiger partial charge in [-0.05, 0) is 43.3 Å². The Morgan fingerprint density at radius 1 is 1.21 bits per heavy atom. The second-order valence-electron chi connectivity index (χ2n) is 6.64. The Labute approximate surface area is 171 Å². The van der Waals surface area contributed by atoms with Crippen molar-refractivity contribution in [3.63, 3.8) is 0 Å². The third-order valence-corrected chi connectivity index (χ3v) is 5.54. The van der Waals surface area contributed by atoms with Crippen LogP contribution in [0.15, 0.2) is 64.2 Å². The Hall–Kier alpha value is -3.13. The summed E-state index contributed by atoms with van der Waals surface area (Å²) in [5.41, 5.74) is 1.56. The third kappa shape index (κ3) is 4.17. The van der Waals surface area contributed by atoms with Gasteiger partial charge < -0.3 is 14.3 Å². The monoisotopic (exact) mass is 410 g/mol.